The van der Waals surface area contributed by atoms with Crippen LogP contribution in [0.3, 0.4) is 0 Å². The quantitative estimate of drug-likeness (QED) is 0.315. The summed E-state index contributed by atoms with van der Waals surface area (Å²) in [6, 6.07) is 6.70. The van der Waals surface area contributed by atoms with Crippen molar-refractivity contribution in [3.05, 3.63) is 57.4 Å². The third-order valence-corrected chi connectivity index (χ3v) is 4.34. The van der Waals surface area contributed by atoms with Crippen LogP contribution in [0.5, 0.6) is 0 Å². The third kappa shape index (κ3) is 4.47. The van der Waals surface area contributed by atoms with Crippen LogP contribution >= 0.6 is 11.6 Å². The molecule has 27 heavy (non-hydrogen) atoms. The Labute approximate surface area is 161 Å². The molecule has 2 rings (SSSR count). The lowest BCUT2D eigenvalue weighted by Crippen LogP contribution is -2.34. The largest absolute Gasteiger partial charge is 0.478 e. The number of amidine groups is 1. The first-order chi connectivity index (χ1) is 12.8. The molecule has 1 aliphatic rings. The molecule has 0 aliphatic carbocycles. The molecule has 0 amide bonds. The van der Waals surface area contributed by atoms with Gasteiger partial charge in [0.2, 0.25) is 0 Å². The number of esters is 1. The number of aliphatic carboxylic acids is 1. The van der Waals surface area contributed by atoms with Gasteiger partial charge in [0.25, 0.3) is 0 Å². The molecule has 0 aromatic heterocycles. The molecule has 1 unspecified atom stereocenters. The average molecular weight is 394 g/mol. The maximum atomic E-state index is 12.4. The molecule has 0 saturated carbocycles. The number of allylic oxidation sites excluding steroid dienone is 1. The summed E-state index contributed by atoms with van der Waals surface area (Å²) in [4.78, 5) is 24.5. The van der Waals surface area contributed by atoms with Gasteiger partial charge >= 0.3 is 11.9 Å². The highest BCUT2D eigenvalue weighted by Gasteiger charge is 2.38. The van der Waals surface area contributed by atoms with Crippen LogP contribution in [0.4, 0.5) is 0 Å². The highest BCUT2D eigenvalue weighted by Crippen LogP contribution is 2.41. The minimum absolute atomic E-state index is 0.0855. The number of nitrogens with two attached hydrogens (primary N) is 1. The van der Waals surface area contributed by atoms with Crippen LogP contribution in [0, 0.1) is 5.41 Å². The normalized spacial score (nSPS) is 16.8. The number of carboxylic acid groups (broad SMARTS) is 1. The van der Waals surface area contributed by atoms with Crippen molar-refractivity contribution in [2.75, 3.05) is 20.3 Å². The van der Waals surface area contributed by atoms with Crippen LogP contribution in [0.15, 0.2) is 46.8 Å². The molecule has 0 fully saturated rings. The van der Waals surface area contributed by atoms with Crippen molar-refractivity contribution in [1.82, 2.24) is 5.32 Å². The first kappa shape index (κ1) is 20.5. The van der Waals surface area contributed by atoms with Crippen molar-refractivity contribution in [2.24, 2.45) is 5.73 Å². The minimum atomic E-state index is -1.23. The predicted molar refractivity (Wildman–Crippen MR) is 99.4 cm³/mol. The van der Waals surface area contributed by atoms with Gasteiger partial charge in [0.1, 0.15) is 12.4 Å². The number of hydrogen-bond acceptors (Lipinski definition) is 6. The maximum absolute atomic E-state index is 12.4. The Bertz CT molecular complexity index is 847. The van der Waals surface area contributed by atoms with Crippen molar-refractivity contribution >= 4 is 29.4 Å². The van der Waals surface area contributed by atoms with Crippen LogP contribution in [0.1, 0.15) is 18.4 Å². The fraction of sp³-hybridized carbons (Fsp3) is 0.278. The molecule has 0 saturated heterocycles. The van der Waals surface area contributed by atoms with Gasteiger partial charge in [-0.15, -0.1) is 0 Å². The number of halogens is 1. The van der Waals surface area contributed by atoms with E-state index in [0.717, 1.165) is 0 Å². The van der Waals surface area contributed by atoms with Gasteiger partial charge in [-0.05, 0) is 18.6 Å². The Morgan fingerprint density at radius 3 is 2.56 bits per heavy atom. The Kier molecular flexibility index (Phi) is 6.59. The van der Waals surface area contributed by atoms with Gasteiger partial charge in [-0.25, -0.2) is 9.59 Å². The van der Waals surface area contributed by atoms with Crippen molar-refractivity contribution in [3.63, 3.8) is 0 Å². The number of benzene rings is 1. The highest BCUT2D eigenvalue weighted by atomic mass is 35.5. The molecule has 144 valence electrons. The third-order valence-electron chi connectivity index (χ3n) is 4.00. The van der Waals surface area contributed by atoms with Crippen LogP contribution < -0.4 is 11.1 Å². The van der Waals surface area contributed by atoms with E-state index in [4.69, 9.17) is 32.2 Å². The summed E-state index contributed by atoms with van der Waals surface area (Å²) in [5.74, 6) is -3.02. The fourth-order valence-electron chi connectivity index (χ4n) is 2.93. The monoisotopic (exact) mass is 393 g/mol. The summed E-state index contributed by atoms with van der Waals surface area (Å²) in [5.41, 5.74) is 6.47. The molecular weight excluding hydrogens is 374 g/mol. The number of nitrogens with one attached hydrogen (secondary N) is 2. The highest BCUT2D eigenvalue weighted by molar-refractivity contribution is 6.31. The molecule has 9 heteroatoms. The van der Waals surface area contributed by atoms with Crippen molar-refractivity contribution in [3.8, 4) is 0 Å². The topological polar surface area (TPSA) is 135 Å². The van der Waals surface area contributed by atoms with E-state index >= 15 is 0 Å². The summed E-state index contributed by atoms with van der Waals surface area (Å²) in [6.45, 7) is 1.36. The summed E-state index contributed by atoms with van der Waals surface area (Å²) in [5, 5.41) is 20.3. The maximum Gasteiger partial charge on any atom is 0.336 e. The van der Waals surface area contributed by atoms with Crippen molar-refractivity contribution < 1.29 is 24.2 Å². The van der Waals surface area contributed by atoms with Gasteiger partial charge in [0.05, 0.1) is 36.5 Å². The molecule has 1 atom stereocenters. The molecule has 1 aromatic carbocycles. The fourth-order valence-corrected chi connectivity index (χ4v) is 3.17. The van der Waals surface area contributed by atoms with E-state index in [0.29, 0.717) is 16.3 Å². The van der Waals surface area contributed by atoms with Crippen LogP contribution in [0.25, 0.3) is 0 Å². The Balaban J connectivity index is 2.62. The molecule has 5 N–H and O–H groups in total. The first-order valence-electron chi connectivity index (χ1n) is 7.95. The lowest BCUT2D eigenvalue weighted by atomic mass is 9.80. The zero-order valence-corrected chi connectivity index (χ0v) is 15.6. The standard InChI is InChI=1S/C18H20ClN3O5/c1-9-14(18(25)26-2)15(10-5-3-4-6-11(10)19)16(17(23)24)12(22-9)7-27-8-13(20)21/h3-6,15,22H,7-8H2,1-2H3,(H3,20,21)(H,23,24). The zero-order chi connectivity index (χ0) is 20.1. The second-order valence-electron chi connectivity index (χ2n) is 5.83. The van der Waals surface area contributed by atoms with Gasteiger partial charge in [-0.2, -0.15) is 0 Å². The minimum Gasteiger partial charge on any atom is -0.478 e. The first-order valence-corrected chi connectivity index (χ1v) is 8.33. The van der Waals surface area contributed by atoms with Crippen LogP contribution in [-0.4, -0.2) is 43.2 Å². The average Bonchev–Trinajstić information content (AvgIpc) is 2.60. The van der Waals surface area contributed by atoms with E-state index in [2.05, 4.69) is 5.32 Å². The van der Waals surface area contributed by atoms with Gasteiger partial charge in [-0.1, -0.05) is 29.8 Å². The lowest BCUT2D eigenvalue weighted by Gasteiger charge is -2.31. The second kappa shape index (κ2) is 8.70. The molecule has 8 nitrogen and oxygen atoms in total. The summed E-state index contributed by atoms with van der Waals surface area (Å²) in [6.07, 6.45) is 0. The summed E-state index contributed by atoms with van der Waals surface area (Å²) < 4.78 is 10.2. The molecule has 1 aliphatic heterocycles. The van der Waals surface area contributed by atoms with E-state index in [-0.39, 0.29) is 35.9 Å². The van der Waals surface area contributed by atoms with Crippen molar-refractivity contribution in [1.29, 1.82) is 5.41 Å². The second-order valence-corrected chi connectivity index (χ2v) is 6.23. The van der Waals surface area contributed by atoms with E-state index in [1.165, 1.54) is 7.11 Å². The van der Waals surface area contributed by atoms with Crippen molar-refractivity contribution in [2.45, 2.75) is 12.8 Å². The number of carboxylic acids is 1. The molecule has 1 heterocycles. The van der Waals surface area contributed by atoms with Crippen LogP contribution in [0.2, 0.25) is 5.02 Å². The number of dihydropyridines is 1. The molecule has 0 spiro atoms. The molecule has 0 radical (unpaired) electrons. The van der Waals surface area contributed by atoms with E-state index in [1.54, 1.807) is 31.2 Å². The van der Waals surface area contributed by atoms with Gasteiger partial charge < -0.3 is 25.6 Å². The van der Waals surface area contributed by atoms with E-state index in [9.17, 15) is 14.7 Å². The SMILES string of the molecule is COC(=O)C1=C(C)NC(COCC(=N)N)=C(C(=O)O)C1c1ccccc1Cl. The number of hydrogen-bond donors (Lipinski definition) is 4. The van der Waals surface area contributed by atoms with Gasteiger partial charge in [-0.3, -0.25) is 5.41 Å². The number of carbonyl (C=O) groups excluding carboxylic acids is 1. The predicted octanol–water partition coefficient (Wildman–Crippen LogP) is 1.77. The number of methoxy groups -OCH3 is 1. The van der Waals surface area contributed by atoms with Gasteiger partial charge in [0.15, 0.2) is 0 Å². The molecule has 0 bridgehead atoms. The Morgan fingerprint density at radius 1 is 1.33 bits per heavy atom. The molecular formula is C18H20ClN3O5. The smallest absolute Gasteiger partial charge is 0.336 e. The number of rotatable bonds is 7. The Hall–Kier alpha value is -2.84. The van der Waals surface area contributed by atoms with E-state index < -0.39 is 17.9 Å². The van der Waals surface area contributed by atoms with E-state index in [1.807, 2.05) is 0 Å². The number of ether oxygens (including phenoxy) is 2. The Morgan fingerprint density at radius 2 is 2.00 bits per heavy atom. The van der Waals surface area contributed by atoms with Crippen LogP contribution in [-0.2, 0) is 19.1 Å². The summed E-state index contributed by atoms with van der Waals surface area (Å²) >= 11 is 6.30. The molecule has 1 aromatic rings. The van der Waals surface area contributed by atoms with Gasteiger partial charge in [0, 0.05) is 10.7 Å². The zero-order valence-electron chi connectivity index (χ0n) is 14.8. The lowest BCUT2D eigenvalue weighted by molar-refractivity contribution is -0.136. The number of carbonyl (C=O) groups is 2. The summed E-state index contributed by atoms with van der Waals surface area (Å²) in [7, 11) is 1.22.